The molecule has 4 rings (SSSR count). The number of carbonyl (C=O) groups is 1. The van der Waals surface area contributed by atoms with Gasteiger partial charge in [-0.2, -0.15) is 5.10 Å². The number of ether oxygens (including phenoxy) is 1. The van der Waals surface area contributed by atoms with Gasteiger partial charge < -0.3 is 15.2 Å². The maximum atomic E-state index is 14.6. The number of benzene rings is 2. The highest BCUT2D eigenvalue weighted by molar-refractivity contribution is 6.11. The molecule has 0 bridgehead atoms. The summed E-state index contributed by atoms with van der Waals surface area (Å²) in [5.74, 6) is -0.0750. The highest BCUT2D eigenvalue weighted by Gasteiger charge is 2.32. The summed E-state index contributed by atoms with van der Waals surface area (Å²) in [6, 6.07) is 12.0. The molecule has 1 aromatic heterocycles. The summed E-state index contributed by atoms with van der Waals surface area (Å²) in [5.41, 5.74) is 3.67. The molecular weight excluding hydrogens is 435 g/mol. The Hall–Kier alpha value is -3.52. The van der Waals surface area contributed by atoms with E-state index < -0.39 is 0 Å². The van der Waals surface area contributed by atoms with Crippen LogP contribution in [0.15, 0.2) is 47.5 Å². The molecule has 3 aromatic rings. The number of aliphatic hydroxyl groups is 1. The molecule has 0 atom stereocenters. The van der Waals surface area contributed by atoms with E-state index in [0.717, 1.165) is 5.56 Å². The van der Waals surface area contributed by atoms with Crippen LogP contribution in [0.3, 0.4) is 0 Å². The van der Waals surface area contributed by atoms with E-state index in [0.29, 0.717) is 52.6 Å². The summed E-state index contributed by atoms with van der Waals surface area (Å²) in [7, 11) is 1.55. The van der Waals surface area contributed by atoms with E-state index in [2.05, 4.69) is 5.32 Å². The Labute approximate surface area is 198 Å². The quantitative estimate of drug-likeness (QED) is 0.571. The third kappa shape index (κ3) is 4.46. The van der Waals surface area contributed by atoms with Crippen LogP contribution < -0.4 is 10.1 Å². The Morgan fingerprint density at radius 3 is 2.62 bits per heavy atom. The Morgan fingerprint density at radius 1 is 1.18 bits per heavy atom. The molecule has 7 nitrogen and oxygen atoms in total. The number of aryl methyl sites for hydroxylation is 1. The lowest BCUT2D eigenvalue weighted by Gasteiger charge is -2.16. The molecule has 2 N–H and O–H groups in total. The van der Waals surface area contributed by atoms with Crippen molar-refractivity contribution < 1.29 is 19.0 Å². The van der Waals surface area contributed by atoms with Crippen LogP contribution >= 0.6 is 0 Å². The van der Waals surface area contributed by atoms with Crippen molar-refractivity contribution in [3.8, 4) is 16.9 Å². The topological polar surface area (TPSA) is 88.7 Å². The molecule has 2 aromatic carbocycles. The predicted molar refractivity (Wildman–Crippen MR) is 130 cm³/mol. The summed E-state index contributed by atoms with van der Waals surface area (Å²) in [6.07, 6.45) is 0.478. The monoisotopic (exact) mass is 464 g/mol. The number of hydrogen-bond donors (Lipinski definition) is 2. The number of nitrogens with zero attached hydrogens (tertiary/aromatic N) is 3. The summed E-state index contributed by atoms with van der Waals surface area (Å²) in [5, 5.41) is 16.9. The van der Waals surface area contributed by atoms with Gasteiger partial charge in [0.1, 0.15) is 17.3 Å². The molecule has 1 aliphatic rings. The number of aliphatic hydroxyl groups excluding tert-OH is 1. The normalized spacial score (nSPS) is 13.7. The SMILES string of the molecule is COc1ccc(C2=Nc3c(C(C)(C)C)nn(CCCO)c3C(=O)NC2)cc1-c1ccccc1F. The number of aliphatic imine (C=N–C) groups is 1. The van der Waals surface area contributed by atoms with Crippen molar-refractivity contribution in [2.75, 3.05) is 20.3 Å². The number of halogens is 1. The lowest BCUT2D eigenvalue weighted by molar-refractivity contribution is 0.0949. The van der Waals surface area contributed by atoms with Crippen LogP contribution in [0.4, 0.5) is 10.1 Å². The number of fused-ring (bicyclic) bond motifs is 1. The number of methoxy groups -OCH3 is 1. The summed E-state index contributed by atoms with van der Waals surface area (Å²) < 4.78 is 21.7. The van der Waals surface area contributed by atoms with Crippen LogP contribution in [0, 0.1) is 5.82 Å². The van der Waals surface area contributed by atoms with Crippen LogP contribution in [-0.2, 0) is 12.0 Å². The number of aromatic nitrogens is 2. The maximum absolute atomic E-state index is 14.6. The first-order chi connectivity index (χ1) is 16.2. The average molecular weight is 465 g/mol. The van der Waals surface area contributed by atoms with E-state index in [1.54, 1.807) is 36.1 Å². The number of carbonyl (C=O) groups excluding carboxylic acids is 1. The zero-order valence-corrected chi connectivity index (χ0v) is 19.9. The molecule has 0 radical (unpaired) electrons. The van der Waals surface area contributed by atoms with Gasteiger partial charge >= 0.3 is 0 Å². The van der Waals surface area contributed by atoms with Crippen molar-refractivity contribution in [1.29, 1.82) is 0 Å². The van der Waals surface area contributed by atoms with Gasteiger partial charge in [-0.25, -0.2) is 9.38 Å². The Morgan fingerprint density at radius 2 is 1.94 bits per heavy atom. The van der Waals surface area contributed by atoms with Gasteiger partial charge in [-0.3, -0.25) is 9.48 Å². The molecule has 0 saturated carbocycles. The second kappa shape index (κ2) is 9.38. The maximum Gasteiger partial charge on any atom is 0.272 e. The number of amides is 1. The smallest absolute Gasteiger partial charge is 0.272 e. The molecule has 0 aliphatic carbocycles. The van der Waals surface area contributed by atoms with Crippen LogP contribution in [-0.4, -0.2) is 46.8 Å². The molecule has 8 heteroatoms. The van der Waals surface area contributed by atoms with E-state index in [4.69, 9.17) is 14.8 Å². The van der Waals surface area contributed by atoms with Gasteiger partial charge in [-0.1, -0.05) is 39.0 Å². The largest absolute Gasteiger partial charge is 0.496 e. The van der Waals surface area contributed by atoms with E-state index in [-0.39, 0.29) is 30.3 Å². The standard InChI is InChI=1S/C26H29FN4O3/c1-26(2,3)24-22-23(31(30-24)12-7-13-32)25(33)28-15-20(29-22)16-10-11-21(34-4)18(14-16)17-8-5-6-9-19(17)27/h5-6,8-11,14,32H,7,12-13,15H2,1-4H3,(H,28,33). The lowest BCUT2D eigenvalue weighted by atomic mass is 9.91. The van der Waals surface area contributed by atoms with Gasteiger partial charge in [0.2, 0.25) is 0 Å². The molecule has 34 heavy (non-hydrogen) atoms. The van der Waals surface area contributed by atoms with Gasteiger partial charge in [0.25, 0.3) is 5.91 Å². The van der Waals surface area contributed by atoms with Gasteiger partial charge in [0, 0.05) is 29.7 Å². The molecule has 0 saturated heterocycles. The van der Waals surface area contributed by atoms with Gasteiger partial charge in [0.05, 0.1) is 25.1 Å². The molecule has 1 amide bonds. The first kappa shape index (κ1) is 23.6. The Kier molecular flexibility index (Phi) is 6.52. The molecule has 1 aliphatic heterocycles. The van der Waals surface area contributed by atoms with Crippen LogP contribution in [0.1, 0.15) is 48.9 Å². The molecule has 0 unspecified atom stereocenters. The van der Waals surface area contributed by atoms with Crippen molar-refractivity contribution >= 4 is 17.3 Å². The summed E-state index contributed by atoms with van der Waals surface area (Å²) in [6.45, 7) is 6.68. The first-order valence-corrected chi connectivity index (χ1v) is 11.3. The van der Waals surface area contributed by atoms with Gasteiger partial charge in [-0.05, 0) is 36.2 Å². The predicted octanol–water partition coefficient (Wildman–Crippen LogP) is 4.24. The van der Waals surface area contributed by atoms with Crippen LogP contribution in [0.2, 0.25) is 0 Å². The molecule has 0 spiro atoms. The van der Waals surface area contributed by atoms with Gasteiger partial charge in [0.15, 0.2) is 5.69 Å². The fourth-order valence-electron chi connectivity index (χ4n) is 4.04. The van der Waals surface area contributed by atoms with Crippen molar-refractivity contribution in [1.82, 2.24) is 15.1 Å². The van der Waals surface area contributed by atoms with E-state index in [9.17, 15) is 14.3 Å². The zero-order chi connectivity index (χ0) is 24.5. The van der Waals surface area contributed by atoms with E-state index in [1.807, 2.05) is 32.9 Å². The molecule has 0 fully saturated rings. The summed E-state index contributed by atoms with van der Waals surface area (Å²) >= 11 is 0. The first-order valence-electron chi connectivity index (χ1n) is 11.3. The Bertz CT molecular complexity index is 1260. The highest BCUT2D eigenvalue weighted by Crippen LogP contribution is 2.37. The summed E-state index contributed by atoms with van der Waals surface area (Å²) in [4.78, 5) is 18.0. The third-order valence-corrected chi connectivity index (χ3v) is 5.74. The zero-order valence-electron chi connectivity index (χ0n) is 19.9. The van der Waals surface area contributed by atoms with Crippen molar-refractivity contribution in [3.05, 3.63) is 65.2 Å². The minimum atomic E-state index is -0.355. The fourth-order valence-corrected chi connectivity index (χ4v) is 4.04. The van der Waals surface area contributed by atoms with Gasteiger partial charge in [-0.15, -0.1) is 0 Å². The lowest BCUT2D eigenvalue weighted by Crippen LogP contribution is -2.30. The van der Waals surface area contributed by atoms with Crippen LogP contribution in [0.25, 0.3) is 11.1 Å². The minimum Gasteiger partial charge on any atom is -0.496 e. The molecule has 2 heterocycles. The third-order valence-electron chi connectivity index (χ3n) is 5.74. The highest BCUT2D eigenvalue weighted by atomic mass is 19.1. The van der Waals surface area contributed by atoms with Crippen molar-refractivity contribution in [3.63, 3.8) is 0 Å². The molecular formula is C26H29FN4O3. The number of rotatable bonds is 6. The van der Waals surface area contributed by atoms with Crippen LogP contribution in [0.5, 0.6) is 5.75 Å². The average Bonchev–Trinajstić information content (AvgIpc) is 3.09. The second-order valence-electron chi connectivity index (χ2n) is 9.23. The number of hydrogen-bond acceptors (Lipinski definition) is 5. The Balaban J connectivity index is 1.88. The van der Waals surface area contributed by atoms with E-state index in [1.165, 1.54) is 6.07 Å². The molecule has 178 valence electrons. The van der Waals surface area contributed by atoms with E-state index >= 15 is 0 Å². The fraction of sp³-hybridized carbons (Fsp3) is 0.346. The minimum absolute atomic E-state index is 0.000290. The van der Waals surface area contributed by atoms with Crippen molar-refractivity contribution in [2.45, 2.75) is 39.2 Å². The second-order valence-corrected chi connectivity index (χ2v) is 9.23. The number of nitrogens with one attached hydrogen (secondary N) is 1. The van der Waals surface area contributed by atoms with Crippen molar-refractivity contribution in [2.24, 2.45) is 4.99 Å².